The van der Waals surface area contributed by atoms with Crippen LogP contribution >= 0.6 is 11.6 Å². The third-order valence-corrected chi connectivity index (χ3v) is 5.87. The molecule has 0 aliphatic heterocycles. The molecule has 0 saturated heterocycles. The molecule has 0 fully saturated rings. The summed E-state index contributed by atoms with van der Waals surface area (Å²) in [5.41, 5.74) is 1.75. The Kier molecular flexibility index (Phi) is 8.15. The number of allylic oxidation sites excluding steroid dienone is 4. The Labute approximate surface area is 212 Å². The molecular formula is C28H25ClF3NO3. The molecule has 188 valence electrons. The monoisotopic (exact) mass is 515 g/mol. The molecule has 4 nitrogen and oxygen atoms in total. The lowest BCUT2D eigenvalue weighted by Gasteiger charge is -2.18. The predicted molar refractivity (Wildman–Crippen MR) is 136 cm³/mol. The third kappa shape index (κ3) is 5.74. The van der Waals surface area contributed by atoms with Crippen LogP contribution in [0.2, 0.25) is 5.02 Å². The van der Waals surface area contributed by atoms with Gasteiger partial charge in [-0.1, -0.05) is 49.4 Å². The Morgan fingerprint density at radius 1 is 1.11 bits per heavy atom. The highest BCUT2D eigenvalue weighted by Crippen LogP contribution is 2.39. The van der Waals surface area contributed by atoms with Gasteiger partial charge in [-0.3, -0.25) is 0 Å². The van der Waals surface area contributed by atoms with Crippen LogP contribution in [0.1, 0.15) is 35.5 Å². The summed E-state index contributed by atoms with van der Waals surface area (Å²) >= 11 is 6.02. The first kappa shape index (κ1) is 26.9. The second-order valence-electron chi connectivity index (χ2n) is 7.97. The van der Waals surface area contributed by atoms with E-state index in [1.807, 2.05) is 30.4 Å². The van der Waals surface area contributed by atoms with Crippen molar-refractivity contribution in [3.8, 4) is 22.7 Å². The van der Waals surface area contributed by atoms with E-state index in [1.165, 1.54) is 18.2 Å². The molecule has 4 rings (SSSR count). The maximum atomic E-state index is 13.6. The predicted octanol–water partition coefficient (Wildman–Crippen LogP) is 8.28. The second kappa shape index (κ2) is 10.9. The van der Waals surface area contributed by atoms with Gasteiger partial charge in [-0.05, 0) is 67.4 Å². The quantitative estimate of drug-likeness (QED) is 0.359. The van der Waals surface area contributed by atoms with E-state index in [-0.39, 0.29) is 35.9 Å². The van der Waals surface area contributed by atoms with Gasteiger partial charge in [0, 0.05) is 16.9 Å². The van der Waals surface area contributed by atoms with Gasteiger partial charge in [0.1, 0.15) is 12.4 Å². The topological polar surface area (TPSA) is 51.5 Å². The zero-order valence-corrected chi connectivity index (χ0v) is 19.4. The molecule has 0 amide bonds. The molecule has 2 aromatic carbocycles. The van der Waals surface area contributed by atoms with E-state index >= 15 is 0 Å². The molecule has 0 spiro atoms. The van der Waals surface area contributed by atoms with Crippen molar-refractivity contribution < 1.29 is 27.8 Å². The molecule has 1 aliphatic rings. The van der Waals surface area contributed by atoms with Crippen LogP contribution in [0, 0.1) is 6.92 Å². The lowest BCUT2D eigenvalue weighted by molar-refractivity contribution is -0.137. The average molecular weight is 516 g/mol. The average Bonchev–Trinajstić information content (AvgIpc) is 3.01. The molecule has 1 heterocycles. The van der Waals surface area contributed by atoms with Crippen LogP contribution < -0.4 is 4.74 Å². The SMILES string of the molecule is C.Cc1ccc(-c2cc(C(F)(F)F)ccc2OCC2=CC=CCC=C2)n1-c1ccc(Cl)c(C(=O)O)c1. The highest BCUT2D eigenvalue weighted by Gasteiger charge is 2.32. The summed E-state index contributed by atoms with van der Waals surface area (Å²) in [5, 5.41) is 9.54. The fraction of sp³-hybridized carbons (Fsp3) is 0.179. The number of carboxylic acids is 1. The first-order chi connectivity index (χ1) is 16.6. The second-order valence-corrected chi connectivity index (χ2v) is 8.38. The smallest absolute Gasteiger partial charge is 0.416 e. The number of hydrogen-bond donors (Lipinski definition) is 1. The molecule has 0 saturated carbocycles. The minimum Gasteiger partial charge on any atom is -0.488 e. The van der Waals surface area contributed by atoms with E-state index in [9.17, 15) is 23.1 Å². The normalized spacial score (nSPS) is 13.1. The Morgan fingerprint density at radius 3 is 2.61 bits per heavy atom. The number of carboxylic acid groups (broad SMARTS) is 1. The fourth-order valence-electron chi connectivity index (χ4n) is 3.82. The molecule has 1 aromatic heterocycles. The summed E-state index contributed by atoms with van der Waals surface area (Å²) < 4.78 is 48.5. The van der Waals surface area contributed by atoms with Gasteiger partial charge in [0.05, 0.1) is 21.8 Å². The first-order valence-electron chi connectivity index (χ1n) is 10.7. The van der Waals surface area contributed by atoms with E-state index in [0.29, 0.717) is 17.1 Å². The van der Waals surface area contributed by atoms with E-state index < -0.39 is 17.7 Å². The molecule has 3 aromatic rings. The molecule has 8 heteroatoms. The van der Waals surface area contributed by atoms with Crippen LogP contribution in [0.3, 0.4) is 0 Å². The van der Waals surface area contributed by atoms with Crippen molar-refractivity contribution in [2.45, 2.75) is 26.9 Å². The van der Waals surface area contributed by atoms with Gasteiger partial charge in [0.25, 0.3) is 0 Å². The van der Waals surface area contributed by atoms with Crippen LogP contribution in [0.25, 0.3) is 16.9 Å². The number of alkyl halides is 3. The Balaban J connectivity index is 0.00000361. The maximum absolute atomic E-state index is 13.6. The number of aryl methyl sites for hydroxylation is 1. The summed E-state index contributed by atoms with van der Waals surface area (Å²) in [6.07, 6.45) is 5.91. The van der Waals surface area contributed by atoms with E-state index in [0.717, 1.165) is 24.1 Å². The van der Waals surface area contributed by atoms with Crippen LogP contribution in [-0.4, -0.2) is 22.2 Å². The number of nitrogens with zero attached hydrogens (tertiary/aromatic N) is 1. The number of aromatic nitrogens is 1. The fourth-order valence-corrected chi connectivity index (χ4v) is 4.02. The van der Waals surface area contributed by atoms with Gasteiger partial charge in [-0.2, -0.15) is 13.2 Å². The standard InChI is InChI=1S/C27H21ClF3NO3.CH4/c1-17-8-12-24(32(17)20-10-11-23(28)21(15-20)26(33)34)22-14-19(27(29,30)31)9-13-25(22)35-16-18-6-4-2-3-5-7-18;/h2,4-15H,3,16H2,1H3,(H,33,34);1H4. The van der Waals surface area contributed by atoms with E-state index in [1.54, 1.807) is 29.7 Å². The molecule has 1 N–H and O–H groups in total. The Hall–Kier alpha value is -3.71. The maximum Gasteiger partial charge on any atom is 0.416 e. The molecule has 0 radical (unpaired) electrons. The summed E-state index contributed by atoms with van der Waals surface area (Å²) in [6, 6.07) is 11.2. The van der Waals surface area contributed by atoms with Gasteiger partial charge in [0.2, 0.25) is 0 Å². The van der Waals surface area contributed by atoms with Gasteiger partial charge in [0.15, 0.2) is 0 Å². The van der Waals surface area contributed by atoms with Crippen LogP contribution in [0.15, 0.2) is 84.5 Å². The molecule has 0 unspecified atom stereocenters. The van der Waals surface area contributed by atoms with Crippen molar-refractivity contribution in [1.82, 2.24) is 4.57 Å². The molecule has 0 atom stereocenters. The minimum absolute atomic E-state index is 0. The number of ether oxygens (including phenoxy) is 1. The van der Waals surface area contributed by atoms with Crippen molar-refractivity contribution in [1.29, 1.82) is 0 Å². The highest BCUT2D eigenvalue weighted by molar-refractivity contribution is 6.33. The lowest BCUT2D eigenvalue weighted by atomic mass is 10.1. The van der Waals surface area contributed by atoms with Gasteiger partial charge in [-0.25, -0.2) is 4.79 Å². The third-order valence-electron chi connectivity index (χ3n) is 5.54. The molecule has 36 heavy (non-hydrogen) atoms. The van der Waals surface area contributed by atoms with Crippen molar-refractivity contribution in [2.75, 3.05) is 6.61 Å². The zero-order chi connectivity index (χ0) is 25.2. The molecule has 1 aliphatic carbocycles. The Bertz CT molecular complexity index is 1370. The summed E-state index contributed by atoms with van der Waals surface area (Å²) in [6.45, 7) is 1.95. The van der Waals surface area contributed by atoms with Crippen molar-refractivity contribution in [2.24, 2.45) is 0 Å². The number of hydrogen-bond acceptors (Lipinski definition) is 2. The van der Waals surface area contributed by atoms with Crippen molar-refractivity contribution >= 4 is 17.6 Å². The van der Waals surface area contributed by atoms with Gasteiger partial charge < -0.3 is 14.4 Å². The molecule has 0 bridgehead atoms. The van der Waals surface area contributed by atoms with E-state index in [2.05, 4.69) is 0 Å². The number of rotatable bonds is 6. The van der Waals surface area contributed by atoms with Crippen LogP contribution in [0.5, 0.6) is 5.75 Å². The first-order valence-corrected chi connectivity index (χ1v) is 11.1. The summed E-state index contributed by atoms with van der Waals surface area (Å²) in [4.78, 5) is 11.6. The Morgan fingerprint density at radius 2 is 1.89 bits per heavy atom. The number of benzene rings is 2. The van der Waals surface area contributed by atoms with Gasteiger partial charge >= 0.3 is 12.1 Å². The summed E-state index contributed by atoms with van der Waals surface area (Å²) in [7, 11) is 0. The number of carbonyl (C=O) groups is 1. The van der Waals surface area contributed by atoms with Crippen LogP contribution in [0.4, 0.5) is 13.2 Å². The van der Waals surface area contributed by atoms with E-state index in [4.69, 9.17) is 16.3 Å². The van der Waals surface area contributed by atoms with Crippen molar-refractivity contribution in [3.05, 3.63) is 106 Å². The van der Waals surface area contributed by atoms with Crippen molar-refractivity contribution in [3.63, 3.8) is 0 Å². The molecular weight excluding hydrogens is 491 g/mol. The zero-order valence-electron chi connectivity index (χ0n) is 18.6. The minimum atomic E-state index is -4.55. The lowest BCUT2D eigenvalue weighted by Crippen LogP contribution is -2.08. The van der Waals surface area contributed by atoms with Crippen LogP contribution in [-0.2, 0) is 6.18 Å². The summed E-state index contributed by atoms with van der Waals surface area (Å²) in [5.74, 6) is -0.933. The largest absolute Gasteiger partial charge is 0.488 e. The number of aromatic carboxylic acids is 1. The highest BCUT2D eigenvalue weighted by atomic mass is 35.5. The number of halogens is 4. The van der Waals surface area contributed by atoms with Gasteiger partial charge in [-0.15, -0.1) is 0 Å².